The van der Waals surface area contributed by atoms with Gasteiger partial charge in [0, 0.05) is 18.1 Å². The van der Waals surface area contributed by atoms with Crippen LogP contribution in [-0.4, -0.2) is 85.9 Å². The molecule has 14 heteroatoms. The van der Waals surface area contributed by atoms with Crippen molar-refractivity contribution >= 4 is 46.9 Å². The van der Waals surface area contributed by atoms with Crippen LogP contribution in [0.1, 0.15) is 71.9 Å². The van der Waals surface area contributed by atoms with E-state index < -0.39 is 59.3 Å². The Morgan fingerprint density at radius 2 is 1.76 bits per heavy atom. The number of aliphatic hydroxyl groups excluding tert-OH is 1. The van der Waals surface area contributed by atoms with Crippen molar-refractivity contribution in [3.05, 3.63) is 26.2 Å². The summed E-state index contributed by atoms with van der Waals surface area (Å²) in [4.78, 5) is 56.5. The molecule has 0 aromatic carbocycles. The molecule has 0 bridgehead atoms. The van der Waals surface area contributed by atoms with E-state index in [4.69, 9.17) is 14.2 Å². The number of thiazole rings is 1. The van der Waals surface area contributed by atoms with Crippen LogP contribution in [0.3, 0.4) is 0 Å². The quantitative estimate of drug-likeness (QED) is 0.293. The second-order valence-corrected chi connectivity index (χ2v) is 11.9. The molecule has 12 nitrogen and oxygen atoms in total. The molecular weight excluding hydrogens is 540 g/mol. The normalized spacial score (nSPS) is 29.1. The van der Waals surface area contributed by atoms with E-state index in [-0.39, 0.29) is 22.5 Å². The summed E-state index contributed by atoms with van der Waals surface area (Å²) < 4.78 is 17.1. The van der Waals surface area contributed by atoms with Gasteiger partial charge in [0.15, 0.2) is 5.69 Å². The van der Waals surface area contributed by atoms with Gasteiger partial charge < -0.3 is 29.5 Å². The molecule has 1 aromatic heterocycles. The second-order valence-electron chi connectivity index (χ2n) is 9.70. The highest BCUT2D eigenvalue weighted by Gasteiger charge is 2.59. The fourth-order valence-electron chi connectivity index (χ4n) is 5.26. The zero-order chi connectivity index (χ0) is 27.3. The maximum absolute atomic E-state index is 13.3. The largest absolute Gasteiger partial charge is 0.481 e. The molecule has 206 valence electrons. The van der Waals surface area contributed by atoms with Gasteiger partial charge in [0.05, 0.1) is 23.2 Å². The van der Waals surface area contributed by atoms with Gasteiger partial charge >= 0.3 is 17.9 Å². The van der Waals surface area contributed by atoms with Crippen LogP contribution in [0.2, 0.25) is 0 Å². The number of aromatic nitrogens is 1. The summed E-state index contributed by atoms with van der Waals surface area (Å²) in [7, 11) is 0. The lowest BCUT2D eigenvalue weighted by molar-refractivity contribution is -0.157. The molecular formula is C24H28N2O10S2. The van der Waals surface area contributed by atoms with Gasteiger partial charge in [-0.15, -0.1) is 11.3 Å². The minimum absolute atomic E-state index is 0.0614. The topological polar surface area (TPSA) is 173 Å². The third-order valence-corrected chi connectivity index (χ3v) is 9.82. The molecule has 4 aliphatic rings. The van der Waals surface area contributed by atoms with Gasteiger partial charge in [-0.25, -0.2) is 14.6 Å². The average molecular weight is 569 g/mol. The summed E-state index contributed by atoms with van der Waals surface area (Å²) in [5.41, 5.74) is -0.169. The number of ether oxygens (including phenoxy) is 3. The van der Waals surface area contributed by atoms with Crippen molar-refractivity contribution < 1.29 is 48.7 Å². The minimum atomic E-state index is -1.33. The number of aliphatic hydroxyl groups is 1. The summed E-state index contributed by atoms with van der Waals surface area (Å²) in [5.74, 6) is -5.86. The Morgan fingerprint density at radius 1 is 1.11 bits per heavy atom. The van der Waals surface area contributed by atoms with Gasteiger partial charge in [0.25, 0.3) is 0 Å². The molecule has 0 radical (unpaired) electrons. The van der Waals surface area contributed by atoms with E-state index in [1.54, 1.807) is 6.92 Å². The molecule has 3 N–H and O–H groups in total. The van der Waals surface area contributed by atoms with Crippen LogP contribution >= 0.6 is 23.1 Å². The number of thioether (sulfide) groups is 1. The SMILES string of the molecule is CC(OC(=O)c1nc(C(C(=O)O)[C@@H](C)O)sc1[C@H]1CCCO1)[C@@H]1C(=O)N2C(C(=O)O)=C([C@H]3CCCO3)S[C@@H]12. The molecule has 2 unspecified atom stereocenters. The molecule has 3 saturated heterocycles. The van der Waals surface area contributed by atoms with Crippen molar-refractivity contribution in [3.8, 4) is 0 Å². The van der Waals surface area contributed by atoms with Gasteiger partial charge in [0.1, 0.15) is 34.0 Å². The Morgan fingerprint density at radius 3 is 2.32 bits per heavy atom. The minimum Gasteiger partial charge on any atom is -0.481 e. The van der Waals surface area contributed by atoms with Crippen molar-refractivity contribution in [3.63, 3.8) is 0 Å². The summed E-state index contributed by atoms with van der Waals surface area (Å²) in [6, 6.07) is 0. The first-order valence-corrected chi connectivity index (χ1v) is 14.1. The molecule has 5 rings (SSSR count). The van der Waals surface area contributed by atoms with E-state index in [0.29, 0.717) is 35.8 Å². The predicted molar refractivity (Wildman–Crippen MR) is 132 cm³/mol. The molecule has 7 atom stereocenters. The van der Waals surface area contributed by atoms with Gasteiger partial charge in [0.2, 0.25) is 5.91 Å². The first-order chi connectivity index (χ1) is 18.1. The number of carboxylic acids is 2. The molecule has 3 fully saturated rings. The number of hydrogen-bond acceptors (Lipinski definition) is 11. The number of aliphatic carboxylic acids is 2. The van der Waals surface area contributed by atoms with Crippen LogP contribution in [0.4, 0.5) is 0 Å². The number of carbonyl (C=O) groups excluding carboxylic acids is 2. The predicted octanol–water partition coefficient (Wildman–Crippen LogP) is 2.10. The van der Waals surface area contributed by atoms with Crippen LogP contribution < -0.4 is 0 Å². The van der Waals surface area contributed by atoms with Crippen LogP contribution in [0.5, 0.6) is 0 Å². The van der Waals surface area contributed by atoms with Crippen molar-refractivity contribution in [2.75, 3.05) is 13.2 Å². The molecule has 1 aromatic rings. The van der Waals surface area contributed by atoms with Crippen LogP contribution in [-0.2, 0) is 28.6 Å². The number of β-lactam (4-membered cyclic amide) rings is 1. The fraction of sp³-hybridized carbons (Fsp3) is 0.625. The lowest BCUT2D eigenvalue weighted by atomic mass is 9.91. The maximum atomic E-state index is 13.3. The van der Waals surface area contributed by atoms with Gasteiger partial charge in [-0.2, -0.15) is 0 Å². The molecule has 5 heterocycles. The third-order valence-electron chi connectivity index (χ3n) is 7.13. The van der Waals surface area contributed by atoms with E-state index in [1.165, 1.54) is 23.6 Å². The molecule has 0 spiro atoms. The highest BCUT2D eigenvalue weighted by atomic mass is 32.2. The maximum Gasteiger partial charge on any atom is 0.358 e. The van der Waals surface area contributed by atoms with Gasteiger partial charge in [-0.3, -0.25) is 14.5 Å². The molecule has 38 heavy (non-hydrogen) atoms. The lowest BCUT2D eigenvalue weighted by Gasteiger charge is -2.44. The van der Waals surface area contributed by atoms with E-state index in [0.717, 1.165) is 24.2 Å². The highest BCUT2D eigenvalue weighted by Crippen LogP contribution is 2.53. The molecule has 4 aliphatic heterocycles. The van der Waals surface area contributed by atoms with Crippen molar-refractivity contribution in [2.45, 2.75) is 75.2 Å². The average Bonchev–Trinajstić information content (AvgIpc) is 3.63. The Bertz CT molecular complexity index is 1180. The fourth-order valence-corrected chi connectivity index (χ4v) is 8.28. The summed E-state index contributed by atoms with van der Waals surface area (Å²) in [6.07, 6.45) is -0.120. The summed E-state index contributed by atoms with van der Waals surface area (Å²) >= 11 is 2.25. The van der Waals surface area contributed by atoms with E-state index >= 15 is 0 Å². The van der Waals surface area contributed by atoms with Gasteiger partial charge in [-0.05, 0) is 39.5 Å². The lowest BCUT2D eigenvalue weighted by Crippen LogP contribution is -2.61. The Labute approximate surface area is 225 Å². The van der Waals surface area contributed by atoms with E-state index in [2.05, 4.69) is 4.98 Å². The Kier molecular flexibility index (Phi) is 7.52. The number of amides is 1. The monoisotopic (exact) mass is 568 g/mol. The molecule has 0 saturated carbocycles. The summed E-state index contributed by atoms with van der Waals surface area (Å²) in [6.45, 7) is 3.91. The third kappa shape index (κ3) is 4.62. The number of rotatable bonds is 9. The van der Waals surface area contributed by atoms with Crippen LogP contribution in [0.25, 0.3) is 0 Å². The number of carbonyl (C=O) groups is 4. The van der Waals surface area contributed by atoms with E-state index in [1.807, 2.05) is 0 Å². The van der Waals surface area contributed by atoms with E-state index in [9.17, 15) is 34.5 Å². The highest BCUT2D eigenvalue weighted by molar-refractivity contribution is 8.04. The second kappa shape index (κ2) is 10.6. The Hall–Kier alpha value is -2.52. The van der Waals surface area contributed by atoms with Crippen molar-refractivity contribution in [1.29, 1.82) is 0 Å². The zero-order valence-corrected chi connectivity index (χ0v) is 22.3. The zero-order valence-electron chi connectivity index (χ0n) is 20.7. The first kappa shape index (κ1) is 27.1. The number of esters is 1. The number of nitrogens with zero attached hydrogens (tertiary/aromatic N) is 2. The van der Waals surface area contributed by atoms with Crippen LogP contribution in [0.15, 0.2) is 10.6 Å². The smallest absolute Gasteiger partial charge is 0.358 e. The molecule has 0 aliphatic carbocycles. The van der Waals surface area contributed by atoms with Gasteiger partial charge in [-0.1, -0.05) is 11.8 Å². The number of hydrogen-bond donors (Lipinski definition) is 3. The van der Waals surface area contributed by atoms with Crippen molar-refractivity contribution in [1.82, 2.24) is 9.88 Å². The standard InChI is InChI=1S/C24H28N2O10S2/c1-9(27)13(22(29)30)19-25-15(17(37-19)11-5-3-7-34-11)24(33)36-10(2)14-20(28)26-16(23(31)32)18(38-21(14)26)12-6-4-8-35-12/h9-14,21,27H,3-8H2,1-2H3,(H,29,30)(H,31,32)/t9-,10?,11-,12-,13?,14-,21+/m1/s1. The molecule has 1 amide bonds. The van der Waals surface area contributed by atoms with Crippen molar-refractivity contribution in [2.24, 2.45) is 5.92 Å². The number of fused-ring (bicyclic) bond motifs is 1. The summed E-state index contributed by atoms with van der Waals surface area (Å²) in [5, 5.41) is 28.9. The first-order valence-electron chi connectivity index (χ1n) is 12.4. The van der Waals surface area contributed by atoms with Crippen LogP contribution in [0, 0.1) is 5.92 Å². The number of carboxylic acid groups (broad SMARTS) is 2. The Balaban J connectivity index is 1.35.